The second kappa shape index (κ2) is 7.98. The van der Waals surface area contributed by atoms with Crippen molar-refractivity contribution in [2.75, 3.05) is 14.2 Å². The fraction of sp³-hybridized carbons (Fsp3) is 0.222. The fourth-order valence-electron chi connectivity index (χ4n) is 2.05. The molecule has 5 heteroatoms. The Bertz CT molecular complexity index is 684. The number of nitrogens with zero attached hydrogens (tertiary/aromatic N) is 1. The van der Waals surface area contributed by atoms with E-state index in [0.717, 1.165) is 5.56 Å². The van der Waals surface area contributed by atoms with Gasteiger partial charge in [-0.15, -0.1) is 0 Å². The molecular formula is C18H20N2O3. The van der Waals surface area contributed by atoms with E-state index in [0.29, 0.717) is 11.3 Å². The molecule has 2 rings (SSSR count). The quantitative estimate of drug-likeness (QED) is 0.697. The minimum absolute atomic E-state index is 0.128. The summed E-state index contributed by atoms with van der Waals surface area (Å²) < 4.78 is 10.3. The van der Waals surface area contributed by atoms with Crippen molar-refractivity contribution in [3.8, 4) is 5.75 Å². The third kappa shape index (κ3) is 4.57. The molecule has 5 nitrogen and oxygen atoms in total. The van der Waals surface area contributed by atoms with Gasteiger partial charge in [-0.1, -0.05) is 36.4 Å². The van der Waals surface area contributed by atoms with Crippen LogP contribution >= 0.6 is 0 Å². The number of ether oxygens (including phenoxy) is 2. The smallest absolute Gasteiger partial charge is 0.292 e. The van der Waals surface area contributed by atoms with E-state index in [9.17, 15) is 4.79 Å². The Morgan fingerprint density at radius 3 is 2.48 bits per heavy atom. The van der Waals surface area contributed by atoms with Crippen LogP contribution in [0.4, 0.5) is 0 Å². The molecule has 2 aromatic rings. The number of amides is 1. The molecule has 0 spiro atoms. The second-order valence-electron chi connectivity index (χ2n) is 4.91. The Morgan fingerprint density at radius 2 is 1.83 bits per heavy atom. The molecule has 0 fully saturated rings. The lowest BCUT2D eigenvalue weighted by Gasteiger charge is -2.12. The number of hydrogen-bond acceptors (Lipinski definition) is 4. The second-order valence-corrected chi connectivity index (χ2v) is 4.91. The van der Waals surface area contributed by atoms with E-state index in [4.69, 9.17) is 9.47 Å². The van der Waals surface area contributed by atoms with Crippen LogP contribution in [0.3, 0.4) is 0 Å². The molecule has 2 aromatic carbocycles. The Labute approximate surface area is 136 Å². The first-order chi connectivity index (χ1) is 11.1. The average molecular weight is 312 g/mol. The van der Waals surface area contributed by atoms with E-state index in [1.165, 1.54) is 7.11 Å². The normalized spacial score (nSPS) is 12.4. The maximum Gasteiger partial charge on any atom is 0.292 e. The molecule has 0 radical (unpaired) electrons. The van der Waals surface area contributed by atoms with Gasteiger partial charge in [-0.25, -0.2) is 4.99 Å². The Balaban J connectivity index is 2.12. The summed E-state index contributed by atoms with van der Waals surface area (Å²) in [4.78, 5) is 16.7. The van der Waals surface area contributed by atoms with Crippen molar-refractivity contribution in [1.29, 1.82) is 0 Å². The molecule has 1 amide bonds. The van der Waals surface area contributed by atoms with Crippen molar-refractivity contribution in [3.05, 3.63) is 65.7 Å². The number of methoxy groups -OCH3 is 2. The van der Waals surface area contributed by atoms with Gasteiger partial charge >= 0.3 is 0 Å². The van der Waals surface area contributed by atoms with Crippen molar-refractivity contribution >= 4 is 11.9 Å². The van der Waals surface area contributed by atoms with Crippen LogP contribution in [0.2, 0.25) is 0 Å². The highest BCUT2D eigenvalue weighted by Gasteiger charge is 2.12. The van der Waals surface area contributed by atoms with Gasteiger partial charge in [-0.05, 0) is 30.7 Å². The molecule has 0 aliphatic heterocycles. The third-order valence-electron chi connectivity index (χ3n) is 3.34. The summed E-state index contributed by atoms with van der Waals surface area (Å²) in [5.74, 6) is 0.316. The average Bonchev–Trinajstić information content (AvgIpc) is 2.61. The molecule has 1 atom stereocenters. The van der Waals surface area contributed by atoms with Crippen molar-refractivity contribution < 1.29 is 14.3 Å². The predicted octanol–water partition coefficient (Wildman–Crippen LogP) is 3.19. The maximum atomic E-state index is 12.3. The summed E-state index contributed by atoms with van der Waals surface area (Å²) in [6, 6.07) is 16.7. The lowest BCUT2D eigenvalue weighted by atomic mass is 10.1. The minimum Gasteiger partial charge on any atom is -0.497 e. The monoisotopic (exact) mass is 312 g/mol. The molecule has 0 heterocycles. The lowest BCUT2D eigenvalue weighted by Crippen LogP contribution is -2.32. The third-order valence-corrected chi connectivity index (χ3v) is 3.34. The van der Waals surface area contributed by atoms with Crippen molar-refractivity contribution in [2.45, 2.75) is 13.0 Å². The van der Waals surface area contributed by atoms with Crippen LogP contribution in [0.15, 0.2) is 59.6 Å². The molecule has 0 aliphatic carbocycles. The van der Waals surface area contributed by atoms with Crippen LogP contribution in [0.5, 0.6) is 5.75 Å². The Kier molecular flexibility index (Phi) is 5.74. The van der Waals surface area contributed by atoms with Gasteiger partial charge in [0.1, 0.15) is 5.75 Å². The number of hydrogen-bond donors (Lipinski definition) is 1. The topological polar surface area (TPSA) is 59.9 Å². The molecule has 0 aromatic heterocycles. The number of amidine groups is 1. The van der Waals surface area contributed by atoms with Gasteiger partial charge in [0.2, 0.25) is 0 Å². The van der Waals surface area contributed by atoms with Crippen LogP contribution in [0.1, 0.15) is 28.9 Å². The Morgan fingerprint density at radius 1 is 1.09 bits per heavy atom. The van der Waals surface area contributed by atoms with E-state index >= 15 is 0 Å². The van der Waals surface area contributed by atoms with Gasteiger partial charge in [0.05, 0.1) is 20.3 Å². The lowest BCUT2D eigenvalue weighted by molar-refractivity contribution is 0.0968. The summed E-state index contributed by atoms with van der Waals surface area (Å²) in [7, 11) is 3.03. The van der Waals surface area contributed by atoms with Crippen LogP contribution in [-0.2, 0) is 4.74 Å². The van der Waals surface area contributed by atoms with Gasteiger partial charge in [-0.2, -0.15) is 0 Å². The van der Waals surface area contributed by atoms with Gasteiger partial charge in [-0.3, -0.25) is 10.1 Å². The van der Waals surface area contributed by atoms with E-state index in [2.05, 4.69) is 10.3 Å². The first kappa shape index (κ1) is 16.5. The molecule has 1 unspecified atom stereocenters. The van der Waals surface area contributed by atoms with Gasteiger partial charge in [0, 0.05) is 5.56 Å². The van der Waals surface area contributed by atoms with Crippen LogP contribution in [0, 0.1) is 0 Å². The molecule has 0 bridgehead atoms. The Hall–Kier alpha value is -2.82. The van der Waals surface area contributed by atoms with E-state index < -0.39 is 0 Å². The van der Waals surface area contributed by atoms with Crippen molar-refractivity contribution in [2.24, 2.45) is 4.99 Å². The van der Waals surface area contributed by atoms with Crippen LogP contribution in [0.25, 0.3) is 0 Å². The van der Waals surface area contributed by atoms with Crippen molar-refractivity contribution in [3.63, 3.8) is 0 Å². The number of carbonyl (C=O) groups excluding carboxylic acids is 1. The molecule has 1 N–H and O–H groups in total. The number of benzene rings is 2. The zero-order chi connectivity index (χ0) is 16.7. The number of carbonyl (C=O) groups is 1. The van der Waals surface area contributed by atoms with Crippen LogP contribution in [-0.4, -0.2) is 26.1 Å². The van der Waals surface area contributed by atoms with E-state index in [-0.39, 0.29) is 18.0 Å². The largest absolute Gasteiger partial charge is 0.497 e. The highest BCUT2D eigenvalue weighted by atomic mass is 16.5. The highest BCUT2D eigenvalue weighted by molar-refractivity contribution is 6.04. The van der Waals surface area contributed by atoms with Gasteiger partial charge in [0.25, 0.3) is 11.9 Å². The zero-order valence-corrected chi connectivity index (χ0v) is 13.4. The molecule has 120 valence electrons. The first-order valence-corrected chi connectivity index (χ1v) is 7.26. The predicted molar refractivity (Wildman–Crippen MR) is 89.8 cm³/mol. The first-order valence-electron chi connectivity index (χ1n) is 7.26. The fourth-order valence-corrected chi connectivity index (χ4v) is 2.05. The zero-order valence-electron chi connectivity index (χ0n) is 13.4. The van der Waals surface area contributed by atoms with Gasteiger partial charge in [0.15, 0.2) is 0 Å². The summed E-state index contributed by atoms with van der Waals surface area (Å²) in [5, 5.41) is 2.67. The maximum absolute atomic E-state index is 12.3. The summed E-state index contributed by atoms with van der Waals surface area (Å²) >= 11 is 0. The van der Waals surface area contributed by atoms with Crippen LogP contribution < -0.4 is 10.1 Å². The molecular weight excluding hydrogens is 292 g/mol. The number of aliphatic imine (C=N–C) groups is 1. The summed E-state index contributed by atoms with van der Waals surface area (Å²) in [6.45, 7) is 1.94. The van der Waals surface area contributed by atoms with Crippen molar-refractivity contribution in [1.82, 2.24) is 5.32 Å². The molecule has 0 saturated heterocycles. The summed E-state index contributed by atoms with van der Waals surface area (Å²) in [6.07, 6.45) is 0. The van der Waals surface area contributed by atoms with Gasteiger partial charge < -0.3 is 9.47 Å². The van der Waals surface area contributed by atoms with E-state index in [1.807, 2.05) is 37.3 Å². The standard InChI is InChI=1S/C18H20N2O3/c1-13(14-8-5-4-6-9-14)19-18(23-3)20-17(21)15-10-7-11-16(12-15)22-2/h4-13H,1-3H3,(H,19,20,21). The molecule has 0 saturated carbocycles. The number of rotatable bonds is 4. The molecule has 23 heavy (non-hydrogen) atoms. The molecule has 0 aliphatic rings. The number of nitrogens with one attached hydrogen (secondary N) is 1. The SMILES string of the molecule is COC(=NC(C)c1ccccc1)NC(=O)c1cccc(OC)c1. The highest BCUT2D eigenvalue weighted by Crippen LogP contribution is 2.16. The van der Waals surface area contributed by atoms with E-state index in [1.54, 1.807) is 31.4 Å². The summed E-state index contributed by atoms with van der Waals surface area (Å²) in [5.41, 5.74) is 1.51. The minimum atomic E-state index is -0.301.